The van der Waals surface area contributed by atoms with E-state index in [1.807, 2.05) is 44.2 Å². The number of rotatable bonds is 5. The highest BCUT2D eigenvalue weighted by molar-refractivity contribution is 8.03. The zero-order valence-corrected chi connectivity index (χ0v) is 17.5. The van der Waals surface area contributed by atoms with Crippen molar-refractivity contribution in [2.75, 3.05) is 4.90 Å². The Balaban J connectivity index is 1.78. The minimum Gasteiger partial charge on any atom is -0.468 e. The van der Waals surface area contributed by atoms with Gasteiger partial charge in [-0.1, -0.05) is 47.5 Å². The third-order valence-corrected chi connectivity index (χ3v) is 6.06. The Morgan fingerprint density at radius 3 is 2.45 bits per heavy atom. The molecule has 2 amide bonds. The smallest absolute Gasteiger partial charge is 0.272 e. The predicted octanol–water partition coefficient (Wildman–Crippen LogP) is 5.77. The van der Waals surface area contributed by atoms with Crippen LogP contribution in [0.5, 0.6) is 0 Å². The van der Waals surface area contributed by atoms with Gasteiger partial charge in [0.1, 0.15) is 5.76 Å². The number of nitrogens with zero attached hydrogens (tertiary/aromatic N) is 1. The first kappa shape index (κ1) is 19.6. The average molecular weight is 424 g/mol. The summed E-state index contributed by atoms with van der Waals surface area (Å²) >= 11 is 7.46. The Morgan fingerprint density at radius 2 is 1.76 bits per heavy atom. The van der Waals surface area contributed by atoms with Crippen molar-refractivity contribution in [3.05, 3.63) is 93.2 Å². The van der Waals surface area contributed by atoms with Crippen LogP contribution in [0.25, 0.3) is 5.57 Å². The molecule has 29 heavy (non-hydrogen) atoms. The molecule has 2 heterocycles. The monoisotopic (exact) mass is 423 g/mol. The van der Waals surface area contributed by atoms with Gasteiger partial charge in [-0.2, -0.15) is 0 Å². The average Bonchev–Trinajstić information content (AvgIpc) is 3.30. The molecule has 0 fully saturated rings. The van der Waals surface area contributed by atoms with Gasteiger partial charge in [0.15, 0.2) is 0 Å². The van der Waals surface area contributed by atoms with E-state index in [1.165, 1.54) is 16.7 Å². The Labute approximate surface area is 178 Å². The molecule has 0 unspecified atom stereocenters. The van der Waals surface area contributed by atoms with Crippen molar-refractivity contribution in [3.8, 4) is 0 Å². The molecule has 0 bridgehead atoms. The number of hydrogen-bond donors (Lipinski definition) is 0. The fourth-order valence-electron chi connectivity index (χ4n) is 3.20. The van der Waals surface area contributed by atoms with E-state index < -0.39 is 0 Å². The van der Waals surface area contributed by atoms with Crippen molar-refractivity contribution < 1.29 is 14.0 Å². The number of thioether (sulfide) groups is 1. The molecular formula is C23H18ClNO3S. The van der Waals surface area contributed by atoms with Gasteiger partial charge < -0.3 is 4.42 Å². The second-order valence-corrected chi connectivity index (χ2v) is 8.24. The van der Waals surface area contributed by atoms with Crippen LogP contribution in [-0.4, -0.2) is 11.8 Å². The van der Waals surface area contributed by atoms with Gasteiger partial charge in [0.05, 0.1) is 28.2 Å². The lowest BCUT2D eigenvalue weighted by Gasteiger charge is -2.18. The summed E-state index contributed by atoms with van der Waals surface area (Å²) in [4.78, 5) is 28.4. The minimum absolute atomic E-state index is 0.340. The number of carbonyl (C=O) groups is 2. The first-order chi connectivity index (χ1) is 14.0. The molecule has 3 aromatic rings. The second kappa shape index (κ2) is 7.93. The maximum absolute atomic E-state index is 13.4. The molecule has 6 heteroatoms. The predicted molar refractivity (Wildman–Crippen MR) is 117 cm³/mol. The molecule has 1 aliphatic heterocycles. The summed E-state index contributed by atoms with van der Waals surface area (Å²) in [5, 5.41) is 0.472. The number of imide groups is 1. The topological polar surface area (TPSA) is 50.5 Å². The van der Waals surface area contributed by atoms with Crippen LogP contribution in [0.4, 0.5) is 5.69 Å². The summed E-state index contributed by atoms with van der Waals surface area (Å²) in [5.74, 6) is 0.515. The Bertz CT molecular complexity index is 1120. The highest BCUT2D eigenvalue weighted by atomic mass is 35.5. The van der Waals surface area contributed by atoms with Gasteiger partial charge in [-0.15, -0.1) is 11.8 Å². The number of aryl methyl sites for hydroxylation is 2. The molecule has 0 saturated carbocycles. The van der Waals surface area contributed by atoms with Crippen LogP contribution < -0.4 is 4.90 Å². The van der Waals surface area contributed by atoms with Crippen molar-refractivity contribution in [2.24, 2.45) is 0 Å². The van der Waals surface area contributed by atoms with E-state index in [0.717, 1.165) is 22.5 Å². The number of benzene rings is 2. The first-order valence-corrected chi connectivity index (χ1v) is 10.4. The Morgan fingerprint density at radius 1 is 1.00 bits per heavy atom. The summed E-state index contributed by atoms with van der Waals surface area (Å²) in [7, 11) is 0. The Kier molecular flexibility index (Phi) is 5.35. The molecule has 1 aliphatic rings. The van der Waals surface area contributed by atoms with E-state index in [2.05, 4.69) is 0 Å². The van der Waals surface area contributed by atoms with Crippen LogP contribution in [0.1, 0.15) is 22.5 Å². The maximum Gasteiger partial charge on any atom is 0.272 e. The molecule has 146 valence electrons. The molecule has 4 nitrogen and oxygen atoms in total. The number of furan rings is 1. The van der Waals surface area contributed by atoms with Gasteiger partial charge in [-0.3, -0.25) is 9.59 Å². The molecule has 0 N–H and O–H groups in total. The van der Waals surface area contributed by atoms with Crippen LogP contribution in [-0.2, 0) is 15.3 Å². The quantitative estimate of drug-likeness (QED) is 0.489. The van der Waals surface area contributed by atoms with Gasteiger partial charge in [-0.25, -0.2) is 4.90 Å². The minimum atomic E-state index is -0.342. The summed E-state index contributed by atoms with van der Waals surface area (Å²) < 4.78 is 5.39. The van der Waals surface area contributed by atoms with Crippen molar-refractivity contribution >= 4 is 46.4 Å². The van der Waals surface area contributed by atoms with E-state index in [-0.39, 0.29) is 11.8 Å². The second-order valence-electron chi connectivity index (χ2n) is 6.81. The zero-order chi connectivity index (χ0) is 20.5. The van der Waals surface area contributed by atoms with Crippen LogP contribution >= 0.6 is 23.4 Å². The van der Waals surface area contributed by atoms with E-state index in [0.29, 0.717) is 26.9 Å². The fraction of sp³-hybridized carbons (Fsp3) is 0.130. The summed E-state index contributed by atoms with van der Waals surface area (Å²) in [6.07, 6.45) is 1.59. The number of anilines is 1. The summed E-state index contributed by atoms with van der Waals surface area (Å²) in [5.41, 5.74) is 3.52. The molecule has 0 radical (unpaired) electrons. The molecular weight excluding hydrogens is 406 g/mol. The molecule has 0 atom stereocenters. The normalized spacial score (nSPS) is 14.2. The van der Waals surface area contributed by atoms with Crippen LogP contribution in [0.2, 0.25) is 5.02 Å². The van der Waals surface area contributed by atoms with Crippen molar-refractivity contribution in [1.29, 1.82) is 0 Å². The third kappa shape index (κ3) is 3.76. The number of carbonyl (C=O) groups excluding carboxylic acids is 2. The van der Waals surface area contributed by atoms with Gasteiger partial charge in [0, 0.05) is 5.02 Å². The molecule has 0 aliphatic carbocycles. The van der Waals surface area contributed by atoms with Crippen molar-refractivity contribution in [3.63, 3.8) is 0 Å². The van der Waals surface area contributed by atoms with E-state index >= 15 is 0 Å². The molecule has 0 saturated heterocycles. The highest BCUT2D eigenvalue weighted by Gasteiger charge is 2.40. The first-order valence-electron chi connectivity index (χ1n) is 9.07. The summed E-state index contributed by atoms with van der Waals surface area (Å²) in [6, 6.07) is 16.5. The van der Waals surface area contributed by atoms with Crippen LogP contribution in [0, 0.1) is 13.8 Å². The molecule has 2 aromatic carbocycles. The lowest BCUT2D eigenvalue weighted by Crippen LogP contribution is -2.32. The van der Waals surface area contributed by atoms with E-state index in [1.54, 1.807) is 30.5 Å². The summed E-state index contributed by atoms with van der Waals surface area (Å²) in [6.45, 7) is 3.83. The van der Waals surface area contributed by atoms with Gasteiger partial charge >= 0.3 is 0 Å². The molecule has 0 spiro atoms. The number of amides is 2. The molecule has 4 rings (SSSR count). The highest BCUT2D eigenvalue weighted by Crippen LogP contribution is 2.41. The third-order valence-electron chi connectivity index (χ3n) is 4.73. The van der Waals surface area contributed by atoms with Crippen molar-refractivity contribution in [1.82, 2.24) is 0 Å². The van der Waals surface area contributed by atoms with E-state index in [4.69, 9.17) is 16.0 Å². The van der Waals surface area contributed by atoms with Crippen molar-refractivity contribution in [2.45, 2.75) is 19.6 Å². The number of halogens is 1. The van der Waals surface area contributed by atoms with E-state index in [9.17, 15) is 9.59 Å². The fourth-order valence-corrected chi connectivity index (χ4v) is 4.38. The maximum atomic E-state index is 13.4. The van der Waals surface area contributed by atoms with Gasteiger partial charge in [0.25, 0.3) is 11.8 Å². The van der Waals surface area contributed by atoms with Crippen LogP contribution in [0.3, 0.4) is 0 Å². The van der Waals surface area contributed by atoms with Gasteiger partial charge in [0.2, 0.25) is 0 Å². The lowest BCUT2D eigenvalue weighted by molar-refractivity contribution is -0.119. The van der Waals surface area contributed by atoms with Gasteiger partial charge in [-0.05, 0) is 49.2 Å². The SMILES string of the molecule is Cc1ccc(C2=C(SCc3ccco3)C(=O)N(c3cc(Cl)ccc3C)C2=O)cc1. The molecule has 1 aromatic heterocycles. The lowest BCUT2D eigenvalue weighted by atomic mass is 10.0. The number of hydrogen-bond acceptors (Lipinski definition) is 4. The largest absolute Gasteiger partial charge is 0.468 e. The van der Waals surface area contributed by atoms with Crippen LogP contribution in [0.15, 0.2) is 70.2 Å². The Hall–Kier alpha value is -2.76. The zero-order valence-electron chi connectivity index (χ0n) is 15.9. The standard InChI is InChI=1S/C23H18ClNO3S/c1-14-5-8-16(9-6-14)20-21(29-13-18-4-3-11-28-18)23(27)25(22(20)26)19-12-17(24)10-7-15(19)2/h3-12H,13H2,1-2H3.